The number of carbonyl (C=O) groups excluding carboxylic acids is 2. The second-order valence-electron chi connectivity index (χ2n) is 7.16. The summed E-state index contributed by atoms with van der Waals surface area (Å²) in [5.41, 5.74) is 2.06. The van der Waals surface area contributed by atoms with E-state index in [1.807, 2.05) is 24.3 Å². The van der Waals surface area contributed by atoms with Gasteiger partial charge in [0.25, 0.3) is 5.91 Å². The lowest BCUT2D eigenvalue weighted by Crippen LogP contribution is -2.36. The molecule has 5 rings (SSSR count). The van der Waals surface area contributed by atoms with E-state index < -0.39 is 0 Å². The van der Waals surface area contributed by atoms with Crippen molar-refractivity contribution in [2.24, 2.45) is 0 Å². The second-order valence-corrected chi connectivity index (χ2v) is 9.28. The van der Waals surface area contributed by atoms with Gasteiger partial charge in [0.15, 0.2) is 16.0 Å². The number of thiazole rings is 2. The van der Waals surface area contributed by atoms with Gasteiger partial charge in [-0.05, 0) is 19.1 Å². The summed E-state index contributed by atoms with van der Waals surface area (Å²) >= 11 is 2.88. The Kier molecular flexibility index (Phi) is 5.22. The SMILES string of the molecule is Cc1cc(C(=O)Nc2nc3c(s2)CN(CC(=O)Nc2nc4ccccc4s2)CC3)no1. The molecule has 0 atom stereocenters. The molecule has 1 aromatic carbocycles. The van der Waals surface area contributed by atoms with Crippen LogP contribution in [-0.2, 0) is 17.8 Å². The van der Waals surface area contributed by atoms with Crippen molar-refractivity contribution in [1.82, 2.24) is 20.0 Å². The molecular formula is C20H18N6O3S2. The minimum atomic E-state index is -0.352. The minimum absolute atomic E-state index is 0.0954. The highest BCUT2D eigenvalue weighted by atomic mass is 32.1. The van der Waals surface area contributed by atoms with E-state index in [0.29, 0.717) is 22.6 Å². The topological polar surface area (TPSA) is 113 Å². The highest BCUT2D eigenvalue weighted by Gasteiger charge is 2.24. The molecule has 0 saturated heterocycles. The quantitative estimate of drug-likeness (QED) is 0.476. The van der Waals surface area contributed by atoms with E-state index in [2.05, 4.69) is 30.7 Å². The van der Waals surface area contributed by atoms with Crippen LogP contribution in [0.15, 0.2) is 34.9 Å². The second kappa shape index (κ2) is 8.17. The molecule has 2 amide bonds. The number of para-hydroxylation sites is 1. The van der Waals surface area contributed by atoms with Crippen LogP contribution in [0.25, 0.3) is 10.2 Å². The summed E-state index contributed by atoms with van der Waals surface area (Å²) in [5.74, 6) is 0.125. The van der Waals surface area contributed by atoms with Crippen LogP contribution in [0.2, 0.25) is 0 Å². The van der Waals surface area contributed by atoms with Crippen molar-refractivity contribution in [3.63, 3.8) is 0 Å². The van der Waals surface area contributed by atoms with Gasteiger partial charge in [0.1, 0.15) is 5.76 Å². The largest absolute Gasteiger partial charge is 0.361 e. The molecule has 0 saturated carbocycles. The number of benzene rings is 1. The third kappa shape index (κ3) is 4.33. The van der Waals surface area contributed by atoms with E-state index in [-0.39, 0.29) is 24.1 Å². The summed E-state index contributed by atoms with van der Waals surface area (Å²) in [4.78, 5) is 36.8. The average molecular weight is 455 g/mol. The maximum absolute atomic E-state index is 12.5. The molecule has 0 spiro atoms. The molecule has 4 aromatic rings. The number of rotatable bonds is 5. The zero-order valence-electron chi connectivity index (χ0n) is 16.5. The van der Waals surface area contributed by atoms with Gasteiger partial charge in [0, 0.05) is 30.5 Å². The van der Waals surface area contributed by atoms with Crippen LogP contribution in [0.5, 0.6) is 0 Å². The summed E-state index contributed by atoms with van der Waals surface area (Å²) in [6.07, 6.45) is 0.721. The number of anilines is 2. The van der Waals surface area contributed by atoms with Gasteiger partial charge in [-0.3, -0.25) is 19.8 Å². The first-order valence-corrected chi connectivity index (χ1v) is 11.3. The van der Waals surface area contributed by atoms with Crippen LogP contribution in [0.1, 0.15) is 26.8 Å². The summed E-state index contributed by atoms with van der Waals surface area (Å²) < 4.78 is 5.98. The maximum Gasteiger partial charge on any atom is 0.279 e. The van der Waals surface area contributed by atoms with E-state index in [1.54, 1.807) is 13.0 Å². The molecule has 31 heavy (non-hydrogen) atoms. The van der Waals surface area contributed by atoms with E-state index in [9.17, 15) is 9.59 Å². The molecule has 0 bridgehead atoms. The van der Waals surface area contributed by atoms with Crippen molar-refractivity contribution in [3.8, 4) is 0 Å². The number of amides is 2. The van der Waals surface area contributed by atoms with E-state index in [4.69, 9.17) is 4.52 Å². The van der Waals surface area contributed by atoms with Crippen molar-refractivity contribution in [2.45, 2.75) is 19.9 Å². The van der Waals surface area contributed by atoms with Gasteiger partial charge >= 0.3 is 0 Å². The van der Waals surface area contributed by atoms with E-state index in [0.717, 1.165) is 33.8 Å². The standard InChI is InChI=1S/C20H18N6O3S2/c1-11-8-14(25-29-11)18(28)24-20-22-13-6-7-26(9-16(13)31-20)10-17(27)23-19-21-12-4-2-3-5-15(12)30-19/h2-5,8H,6-7,9-10H2,1H3,(H,21,23,27)(H,22,24,28). The highest BCUT2D eigenvalue weighted by molar-refractivity contribution is 7.22. The van der Waals surface area contributed by atoms with Gasteiger partial charge in [-0.2, -0.15) is 0 Å². The predicted molar refractivity (Wildman–Crippen MR) is 119 cm³/mol. The molecule has 0 unspecified atom stereocenters. The van der Waals surface area contributed by atoms with Crippen molar-refractivity contribution in [1.29, 1.82) is 0 Å². The van der Waals surface area contributed by atoms with Crippen LogP contribution in [0, 0.1) is 6.92 Å². The smallest absolute Gasteiger partial charge is 0.279 e. The highest BCUT2D eigenvalue weighted by Crippen LogP contribution is 2.29. The Labute approximate surface area is 185 Å². The fourth-order valence-electron chi connectivity index (χ4n) is 3.36. The van der Waals surface area contributed by atoms with E-state index >= 15 is 0 Å². The number of aryl methyl sites for hydroxylation is 1. The van der Waals surface area contributed by atoms with Gasteiger partial charge in [-0.15, -0.1) is 11.3 Å². The first-order chi connectivity index (χ1) is 15.0. The maximum atomic E-state index is 12.5. The number of hydrogen-bond donors (Lipinski definition) is 2. The van der Waals surface area contributed by atoms with Crippen LogP contribution in [-0.4, -0.2) is 44.9 Å². The number of aromatic nitrogens is 3. The third-order valence-corrected chi connectivity index (χ3v) is 6.75. The van der Waals surface area contributed by atoms with Crippen LogP contribution >= 0.6 is 22.7 Å². The lowest BCUT2D eigenvalue weighted by atomic mass is 10.2. The predicted octanol–water partition coefficient (Wildman–Crippen LogP) is 3.30. The summed E-state index contributed by atoms with van der Waals surface area (Å²) in [5, 5.41) is 10.5. The molecular weight excluding hydrogens is 436 g/mol. The monoisotopic (exact) mass is 454 g/mol. The molecule has 11 heteroatoms. The number of fused-ring (bicyclic) bond motifs is 2. The molecule has 158 valence electrons. The lowest BCUT2D eigenvalue weighted by molar-refractivity contribution is -0.117. The minimum Gasteiger partial charge on any atom is -0.361 e. The molecule has 1 aliphatic heterocycles. The van der Waals surface area contributed by atoms with Gasteiger partial charge in [-0.25, -0.2) is 9.97 Å². The normalized spacial score (nSPS) is 13.8. The lowest BCUT2D eigenvalue weighted by Gasteiger charge is -2.24. The van der Waals surface area contributed by atoms with Crippen LogP contribution < -0.4 is 10.6 Å². The first kappa shape index (κ1) is 19.8. The number of nitrogens with zero attached hydrogens (tertiary/aromatic N) is 4. The zero-order chi connectivity index (χ0) is 21.4. The Morgan fingerprint density at radius 2 is 2.00 bits per heavy atom. The summed E-state index contributed by atoms with van der Waals surface area (Å²) in [6.45, 7) is 3.33. The molecule has 1 aliphatic rings. The molecule has 0 fully saturated rings. The molecule has 3 aromatic heterocycles. The zero-order valence-corrected chi connectivity index (χ0v) is 18.2. The molecule has 0 radical (unpaired) electrons. The number of hydrogen-bond acceptors (Lipinski definition) is 9. The van der Waals surface area contributed by atoms with E-state index in [1.165, 1.54) is 22.7 Å². The fourth-order valence-corrected chi connectivity index (χ4v) is 5.29. The molecule has 4 heterocycles. The number of nitrogens with one attached hydrogen (secondary N) is 2. The average Bonchev–Trinajstić information content (AvgIpc) is 3.44. The molecule has 9 nitrogen and oxygen atoms in total. The Hall–Kier alpha value is -3.15. The Bertz CT molecular complexity index is 1240. The van der Waals surface area contributed by atoms with Gasteiger partial charge < -0.3 is 9.84 Å². The van der Waals surface area contributed by atoms with Crippen molar-refractivity contribution in [2.75, 3.05) is 23.7 Å². The van der Waals surface area contributed by atoms with Crippen molar-refractivity contribution >= 4 is 55.0 Å². The molecule has 2 N–H and O–H groups in total. The van der Waals surface area contributed by atoms with Crippen LogP contribution in [0.3, 0.4) is 0 Å². The fraction of sp³-hybridized carbons (Fsp3) is 0.250. The summed E-state index contributed by atoms with van der Waals surface area (Å²) in [7, 11) is 0. The Morgan fingerprint density at radius 3 is 2.81 bits per heavy atom. The van der Waals surface area contributed by atoms with Gasteiger partial charge in [0.2, 0.25) is 5.91 Å². The Morgan fingerprint density at radius 1 is 1.16 bits per heavy atom. The Balaban J connectivity index is 1.19. The summed E-state index contributed by atoms with van der Waals surface area (Å²) in [6, 6.07) is 9.37. The van der Waals surface area contributed by atoms with Crippen molar-refractivity contribution < 1.29 is 14.1 Å². The molecule has 0 aliphatic carbocycles. The van der Waals surface area contributed by atoms with Gasteiger partial charge in [-0.1, -0.05) is 28.6 Å². The number of carbonyl (C=O) groups is 2. The first-order valence-electron chi connectivity index (χ1n) is 9.64. The third-order valence-electron chi connectivity index (χ3n) is 4.80. The van der Waals surface area contributed by atoms with Crippen LogP contribution in [0.4, 0.5) is 10.3 Å². The van der Waals surface area contributed by atoms with Gasteiger partial charge in [0.05, 0.1) is 22.5 Å². The van der Waals surface area contributed by atoms with Crippen molar-refractivity contribution in [3.05, 3.63) is 52.4 Å².